The predicted molar refractivity (Wildman–Crippen MR) is 139 cm³/mol. The molecule has 20 heteroatoms. The first-order chi connectivity index (χ1) is 19.2. The first-order valence-electron chi connectivity index (χ1n) is 11.0. The number of nitrogens with zero attached hydrogens (tertiary/aromatic N) is 3. The van der Waals surface area contributed by atoms with Gasteiger partial charge in [-0.15, -0.1) is 5.10 Å². The maximum atomic E-state index is 13.0. The molecule has 0 saturated heterocycles. The predicted octanol–water partition coefficient (Wildman–Crippen LogP) is -5.60. The fraction of sp³-hybridized carbons (Fsp3) is 0.0435. The number of ether oxygens (including phenoxy) is 1. The molecular weight excluding hydrogens is 665 g/mol. The first kappa shape index (κ1) is 37.6. The van der Waals surface area contributed by atoms with Gasteiger partial charge in [0.15, 0.2) is 18.3 Å². The van der Waals surface area contributed by atoms with E-state index in [0.29, 0.717) is 0 Å². The molecule has 0 amide bonds. The van der Waals surface area contributed by atoms with Gasteiger partial charge in [-0.3, -0.25) is 15.3 Å². The molecule has 4 N–H and O–H groups in total. The molecule has 0 bridgehead atoms. The molecule has 2 heterocycles. The second-order valence-electron chi connectivity index (χ2n) is 8.02. The molecule has 43 heavy (non-hydrogen) atoms. The summed E-state index contributed by atoms with van der Waals surface area (Å²) in [5.74, 6) is -2.05. The molecule has 0 radical (unpaired) electrons. The topological polar surface area (TPSA) is 258 Å². The second-order valence-corrected chi connectivity index (χ2v) is 10.8. The molecule has 0 aliphatic carbocycles. The van der Waals surface area contributed by atoms with Gasteiger partial charge in [0.1, 0.15) is 20.2 Å². The second kappa shape index (κ2) is 15.1. The van der Waals surface area contributed by atoms with Crippen LogP contribution in [0.3, 0.4) is 0 Å². The standard InChI is InChI=1S/C23H19N5O11S2.2K/c24-20-18(21(39-12-29)26-27(20)13-4-8-15(9-5-13)40(33,34)35)3-1-2-17-19(23(31)32)25-28(22(17)30)14-6-10-16(11-7-14)41(36,37)38;;/h1-11,24-25,29H,12H2,(H,31,32)(H,33,34,35)(H,36,37,38);;/q;2*+1/p-2. The van der Waals surface area contributed by atoms with Crippen molar-refractivity contribution in [3.05, 3.63) is 87.9 Å². The van der Waals surface area contributed by atoms with Crippen LogP contribution in [0.5, 0.6) is 0 Å². The number of hydrazone groups is 1. The number of carbonyl (C=O) groups is 1. The number of hydrogen-bond acceptors (Lipinski definition) is 12. The Morgan fingerprint density at radius 3 is 1.95 bits per heavy atom. The van der Waals surface area contributed by atoms with E-state index in [2.05, 4.69) is 10.2 Å². The van der Waals surface area contributed by atoms with Gasteiger partial charge in [0.05, 0.1) is 32.3 Å². The third-order valence-corrected chi connectivity index (χ3v) is 7.21. The number of allylic oxidation sites excluding steroid dienone is 2. The van der Waals surface area contributed by atoms with Crippen LogP contribution in [-0.2, 0) is 25.0 Å². The van der Waals surface area contributed by atoms with Crippen LogP contribution in [0, 0.1) is 5.41 Å². The number of amidine groups is 1. The number of benzene rings is 2. The number of anilines is 1. The maximum absolute atomic E-state index is 13.0. The number of aromatic nitrogens is 2. The van der Waals surface area contributed by atoms with E-state index in [4.69, 9.17) is 10.1 Å². The molecule has 1 aliphatic heterocycles. The van der Waals surface area contributed by atoms with Gasteiger partial charge in [-0.2, -0.15) is 0 Å². The summed E-state index contributed by atoms with van der Waals surface area (Å²) in [5.41, 5.74) is -1.50. The molecule has 0 spiro atoms. The molecule has 214 valence electrons. The average Bonchev–Trinajstić information content (AvgIpc) is 3.40. The summed E-state index contributed by atoms with van der Waals surface area (Å²) < 4.78 is 72.9. The molecule has 1 aromatic heterocycles. The molecule has 0 atom stereocenters. The van der Waals surface area contributed by atoms with Gasteiger partial charge in [0, 0.05) is 0 Å². The van der Waals surface area contributed by atoms with Crippen LogP contribution in [0.2, 0.25) is 0 Å². The van der Waals surface area contributed by atoms with Crippen molar-refractivity contribution in [2.24, 2.45) is 5.10 Å². The van der Waals surface area contributed by atoms with Crippen molar-refractivity contribution >= 4 is 49.7 Å². The minimum atomic E-state index is -4.74. The van der Waals surface area contributed by atoms with Gasteiger partial charge in [-0.1, -0.05) is 6.08 Å². The van der Waals surface area contributed by atoms with E-state index in [1.807, 2.05) is 0 Å². The van der Waals surface area contributed by atoms with E-state index in [1.54, 1.807) is 0 Å². The zero-order valence-corrected chi connectivity index (χ0v) is 30.2. The Hall–Kier alpha value is -1.61. The molecule has 0 saturated carbocycles. The zero-order chi connectivity index (χ0) is 30.1. The molecule has 2 aromatic carbocycles. The molecule has 1 aliphatic rings. The number of H-pyrrole nitrogens is 1. The number of rotatable bonds is 8. The summed E-state index contributed by atoms with van der Waals surface area (Å²) in [6, 6.07) is 8.66. The quantitative estimate of drug-likeness (QED) is 0.0986. The van der Waals surface area contributed by atoms with Gasteiger partial charge in [-0.05, 0) is 60.7 Å². The smallest absolute Gasteiger partial charge is 0.744 e. The SMILES string of the molecule is N=C1C(=CC=Cc2c(C(=O)O)[nH]n(-c3ccc(S(=O)(=O)[O-])cc3)c2=O)C(OCO)=NN1c1ccc(S(=O)(=O)[O-])cc1.[K+].[K+]. The maximum Gasteiger partial charge on any atom is 1.00 e. The summed E-state index contributed by atoms with van der Waals surface area (Å²) in [7, 11) is -9.45. The van der Waals surface area contributed by atoms with E-state index in [9.17, 15) is 45.7 Å². The minimum absolute atomic E-state index is 0. The number of aliphatic hydroxyl groups excluding tert-OH is 1. The fourth-order valence-electron chi connectivity index (χ4n) is 3.62. The molecule has 3 aromatic rings. The van der Waals surface area contributed by atoms with E-state index in [0.717, 1.165) is 52.2 Å². The summed E-state index contributed by atoms with van der Waals surface area (Å²) >= 11 is 0. The van der Waals surface area contributed by atoms with Gasteiger partial charge < -0.3 is 24.1 Å². The van der Waals surface area contributed by atoms with Crippen molar-refractivity contribution in [1.82, 2.24) is 9.78 Å². The Bertz CT molecular complexity index is 1910. The van der Waals surface area contributed by atoms with E-state index >= 15 is 0 Å². The number of carboxylic acid groups (broad SMARTS) is 1. The van der Waals surface area contributed by atoms with Crippen LogP contribution >= 0.6 is 0 Å². The largest absolute Gasteiger partial charge is 1.00 e. The van der Waals surface area contributed by atoms with Crippen LogP contribution in [0.15, 0.2) is 85.9 Å². The zero-order valence-electron chi connectivity index (χ0n) is 22.3. The number of nitrogens with one attached hydrogen (secondary N) is 2. The first-order valence-corrected chi connectivity index (χ1v) is 13.8. The van der Waals surface area contributed by atoms with Crippen molar-refractivity contribution in [2.45, 2.75) is 9.79 Å². The van der Waals surface area contributed by atoms with Gasteiger partial charge >= 0.3 is 109 Å². The summed E-state index contributed by atoms with van der Waals surface area (Å²) in [4.78, 5) is 23.7. The molecule has 4 rings (SSSR count). The Kier molecular flexibility index (Phi) is 13.2. The Morgan fingerprint density at radius 2 is 1.49 bits per heavy atom. The third-order valence-electron chi connectivity index (χ3n) is 5.51. The summed E-state index contributed by atoms with van der Waals surface area (Å²) in [6.45, 7) is -0.827. The molecule has 16 nitrogen and oxygen atoms in total. The molecule has 0 fully saturated rings. The van der Waals surface area contributed by atoms with E-state index in [-0.39, 0.29) is 137 Å². The van der Waals surface area contributed by atoms with Gasteiger partial charge in [-0.25, -0.2) is 31.3 Å². The molecular formula is C23H17K2N5O11S2. The summed E-state index contributed by atoms with van der Waals surface area (Å²) in [6.07, 6.45) is 3.57. The van der Waals surface area contributed by atoms with Gasteiger partial charge in [0.25, 0.3) is 5.56 Å². The number of aromatic amines is 1. The number of carboxylic acids is 1. The van der Waals surface area contributed by atoms with Gasteiger partial charge in [0.2, 0.25) is 5.90 Å². The van der Waals surface area contributed by atoms with Crippen LogP contribution in [0.25, 0.3) is 11.8 Å². The number of hydrogen-bond donors (Lipinski definition) is 4. The fourth-order valence-corrected chi connectivity index (χ4v) is 4.56. The van der Waals surface area contributed by atoms with Crippen molar-refractivity contribution in [3.63, 3.8) is 0 Å². The number of aromatic carboxylic acids is 1. The monoisotopic (exact) mass is 681 g/mol. The van der Waals surface area contributed by atoms with Crippen LogP contribution in [-0.4, -0.2) is 70.4 Å². The average molecular weight is 682 g/mol. The third kappa shape index (κ3) is 8.56. The van der Waals surface area contributed by atoms with Crippen molar-refractivity contribution < 1.29 is 148 Å². The van der Waals surface area contributed by atoms with Crippen molar-refractivity contribution in [3.8, 4) is 5.69 Å². The van der Waals surface area contributed by atoms with E-state index < -0.39 is 54.0 Å². The Morgan fingerprint density at radius 1 is 0.977 bits per heavy atom. The summed E-state index contributed by atoms with van der Waals surface area (Å²) in [5, 5.41) is 34.7. The number of aliphatic hydroxyl groups is 1. The minimum Gasteiger partial charge on any atom is -0.744 e. The Balaban J connectivity index is 0.00000323. The van der Waals surface area contributed by atoms with Crippen molar-refractivity contribution in [2.75, 3.05) is 11.8 Å². The van der Waals surface area contributed by atoms with Crippen LogP contribution < -0.4 is 113 Å². The Labute approximate surface area is 328 Å². The van der Waals surface area contributed by atoms with Crippen LogP contribution in [0.4, 0.5) is 5.69 Å². The van der Waals surface area contributed by atoms with Crippen molar-refractivity contribution in [1.29, 1.82) is 5.41 Å². The normalized spacial score (nSPS) is 14.4. The van der Waals surface area contributed by atoms with Crippen LogP contribution in [0.1, 0.15) is 16.1 Å². The molecule has 0 unspecified atom stereocenters. The van der Waals surface area contributed by atoms with E-state index in [1.165, 1.54) is 24.3 Å².